The number of Topliss-reactive ketones (excluding diaryl/α,β-unsaturated/α-hetero) is 1. The van der Waals surface area contributed by atoms with Gasteiger partial charge in [0.2, 0.25) is 5.78 Å². The molecule has 1 aromatic heterocycles. The van der Waals surface area contributed by atoms with Crippen molar-refractivity contribution in [3.63, 3.8) is 0 Å². The Morgan fingerprint density at radius 3 is 2.80 bits per heavy atom. The third-order valence-electron chi connectivity index (χ3n) is 2.71. The Kier molecular flexibility index (Phi) is 3.79. The fraction of sp³-hybridized carbons (Fsp3) is 0.154. The number of hydrogen-bond acceptors (Lipinski definition) is 4. The van der Waals surface area contributed by atoms with E-state index in [2.05, 4.69) is 0 Å². The van der Waals surface area contributed by atoms with Gasteiger partial charge in [-0.15, -0.1) is 0 Å². The number of nitrogens with zero attached hydrogens (tertiary/aromatic N) is 2. The van der Waals surface area contributed by atoms with Crippen molar-refractivity contribution < 1.29 is 18.8 Å². The fourth-order valence-electron chi connectivity index (χ4n) is 1.72. The van der Waals surface area contributed by atoms with Crippen LogP contribution in [0.25, 0.3) is 0 Å². The molecule has 0 saturated heterocycles. The van der Waals surface area contributed by atoms with Crippen LogP contribution in [-0.2, 0) is 7.05 Å². The normalized spacial score (nSPS) is 10.3. The molecule has 1 aromatic carbocycles. The van der Waals surface area contributed by atoms with E-state index in [-0.39, 0.29) is 17.2 Å². The number of aromatic nitrogens is 1. The van der Waals surface area contributed by atoms with Crippen molar-refractivity contribution in [2.24, 2.45) is 7.05 Å². The van der Waals surface area contributed by atoms with E-state index in [0.29, 0.717) is 5.69 Å². The van der Waals surface area contributed by atoms with E-state index in [1.165, 1.54) is 0 Å². The molecule has 1 heterocycles. The Bertz CT molecular complexity index is 666. The predicted molar refractivity (Wildman–Crippen MR) is 68.3 cm³/mol. The number of benzene rings is 1. The van der Waals surface area contributed by atoms with Gasteiger partial charge in [0.25, 0.3) is 0 Å². The van der Waals surface area contributed by atoms with Gasteiger partial charge in [0.1, 0.15) is 5.82 Å². The predicted octanol–water partition coefficient (Wildman–Crippen LogP) is 2.33. The van der Waals surface area contributed by atoms with Crippen molar-refractivity contribution >= 4 is 11.5 Å². The lowest BCUT2D eigenvalue weighted by Gasteiger charge is -2.07. The molecule has 0 fully saturated rings. The van der Waals surface area contributed by atoms with Crippen molar-refractivity contribution in [3.05, 3.63) is 58.2 Å². The maximum absolute atomic E-state index is 13.1. The minimum Gasteiger partial charge on any atom is -0.478 e. The largest absolute Gasteiger partial charge is 0.478 e. The molecule has 0 aliphatic carbocycles. The van der Waals surface area contributed by atoms with Crippen molar-refractivity contribution in [3.8, 4) is 5.75 Å². The molecule has 6 nitrogen and oxygen atoms in total. The zero-order valence-electron chi connectivity index (χ0n) is 10.6. The molecule has 104 valence electrons. The molecule has 0 saturated carbocycles. The van der Waals surface area contributed by atoms with Crippen molar-refractivity contribution in [2.75, 3.05) is 6.61 Å². The molecular formula is C13H11FN2O4. The Balaban J connectivity index is 2.15. The highest BCUT2D eigenvalue weighted by molar-refractivity contribution is 5.95. The summed E-state index contributed by atoms with van der Waals surface area (Å²) in [7, 11) is 1.69. The number of carbonyl (C=O) groups is 1. The molecule has 7 heteroatoms. The second kappa shape index (κ2) is 5.52. The fourth-order valence-corrected chi connectivity index (χ4v) is 1.72. The van der Waals surface area contributed by atoms with Crippen LogP contribution in [0, 0.1) is 15.9 Å². The van der Waals surface area contributed by atoms with Crippen LogP contribution in [0.15, 0.2) is 36.5 Å². The summed E-state index contributed by atoms with van der Waals surface area (Å²) in [4.78, 5) is 21.9. The molecule has 0 bridgehead atoms. The van der Waals surface area contributed by atoms with Crippen molar-refractivity contribution in [1.82, 2.24) is 4.57 Å². The maximum Gasteiger partial charge on any atom is 0.311 e. The number of ether oxygens (including phenoxy) is 1. The Morgan fingerprint density at radius 1 is 1.45 bits per heavy atom. The van der Waals surface area contributed by atoms with Gasteiger partial charge in [-0.1, -0.05) is 0 Å². The third-order valence-corrected chi connectivity index (χ3v) is 2.71. The highest BCUT2D eigenvalue weighted by Crippen LogP contribution is 2.27. The number of nitro groups is 1. The number of halogens is 1. The van der Waals surface area contributed by atoms with Crippen LogP contribution in [0.4, 0.5) is 10.1 Å². The van der Waals surface area contributed by atoms with Crippen LogP contribution in [0.5, 0.6) is 5.75 Å². The highest BCUT2D eigenvalue weighted by atomic mass is 19.1. The van der Waals surface area contributed by atoms with Gasteiger partial charge in [-0.3, -0.25) is 14.9 Å². The summed E-state index contributed by atoms with van der Waals surface area (Å²) in [5.74, 6) is -1.29. The Hall–Kier alpha value is -2.70. The number of carbonyl (C=O) groups excluding carboxylic acids is 1. The zero-order valence-corrected chi connectivity index (χ0v) is 10.6. The number of ketones is 1. The minimum atomic E-state index is -0.693. The van der Waals surface area contributed by atoms with E-state index in [4.69, 9.17) is 4.74 Å². The van der Waals surface area contributed by atoms with Gasteiger partial charge in [-0.25, -0.2) is 4.39 Å². The smallest absolute Gasteiger partial charge is 0.311 e. The van der Waals surface area contributed by atoms with Gasteiger partial charge in [0.15, 0.2) is 12.4 Å². The van der Waals surface area contributed by atoms with Gasteiger partial charge in [-0.05, 0) is 18.2 Å². The monoisotopic (exact) mass is 278 g/mol. The van der Waals surface area contributed by atoms with E-state index in [1.807, 2.05) is 0 Å². The molecule has 0 amide bonds. The topological polar surface area (TPSA) is 74.4 Å². The van der Waals surface area contributed by atoms with Crippen LogP contribution in [0.2, 0.25) is 0 Å². The van der Waals surface area contributed by atoms with Crippen LogP contribution in [0.1, 0.15) is 10.5 Å². The number of hydrogen-bond donors (Lipinski definition) is 0. The lowest BCUT2D eigenvalue weighted by molar-refractivity contribution is -0.385. The summed E-state index contributed by atoms with van der Waals surface area (Å²) in [6, 6.07) is 6.14. The van der Waals surface area contributed by atoms with E-state index in [9.17, 15) is 19.3 Å². The zero-order chi connectivity index (χ0) is 14.7. The summed E-state index contributed by atoms with van der Waals surface area (Å²) in [6.45, 7) is -0.401. The van der Waals surface area contributed by atoms with Crippen LogP contribution in [-0.4, -0.2) is 21.9 Å². The number of rotatable bonds is 5. The van der Waals surface area contributed by atoms with E-state index < -0.39 is 17.3 Å². The average Bonchev–Trinajstić information content (AvgIpc) is 2.82. The van der Waals surface area contributed by atoms with Gasteiger partial charge in [0.05, 0.1) is 10.6 Å². The molecule has 20 heavy (non-hydrogen) atoms. The Labute approximate surface area is 113 Å². The molecule has 0 aliphatic heterocycles. The molecule has 0 radical (unpaired) electrons. The second-order valence-electron chi connectivity index (χ2n) is 4.09. The van der Waals surface area contributed by atoms with Gasteiger partial charge >= 0.3 is 5.69 Å². The molecule has 2 rings (SSSR count). The molecule has 2 aromatic rings. The lowest BCUT2D eigenvalue weighted by atomic mass is 10.2. The summed E-state index contributed by atoms with van der Waals surface area (Å²) in [5, 5.41) is 10.8. The second-order valence-corrected chi connectivity index (χ2v) is 4.09. The quantitative estimate of drug-likeness (QED) is 0.478. The SMILES string of the molecule is Cn1cccc1C(=O)COc1cc(F)ccc1[N+](=O)[O-]. The van der Waals surface area contributed by atoms with Crippen LogP contribution < -0.4 is 4.74 Å². The van der Waals surface area contributed by atoms with Crippen molar-refractivity contribution in [2.45, 2.75) is 0 Å². The van der Waals surface area contributed by atoms with Gasteiger partial charge < -0.3 is 9.30 Å². The first-order valence-corrected chi connectivity index (χ1v) is 5.70. The van der Waals surface area contributed by atoms with Gasteiger partial charge in [0, 0.05) is 25.4 Å². The van der Waals surface area contributed by atoms with E-state index in [0.717, 1.165) is 18.2 Å². The number of nitro benzene ring substituents is 1. The molecule has 0 spiro atoms. The summed E-state index contributed by atoms with van der Waals surface area (Å²) in [6.07, 6.45) is 1.69. The first-order valence-electron chi connectivity index (χ1n) is 5.70. The molecule has 0 unspecified atom stereocenters. The van der Waals surface area contributed by atoms with Crippen molar-refractivity contribution in [1.29, 1.82) is 0 Å². The molecule has 0 N–H and O–H groups in total. The lowest BCUT2D eigenvalue weighted by Crippen LogP contribution is -2.15. The third kappa shape index (κ3) is 2.82. The first kappa shape index (κ1) is 13.7. The number of aryl methyl sites for hydroxylation is 1. The van der Waals surface area contributed by atoms with Gasteiger partial charge in [-0.2, -0.15) is 0 Å². The minimum absolute atomic E-state index is 0.266. The summed E-state index contributed by atoms with van der Waals surface area (Å²) < 4.78 is 19.8. The Morgan fingerprint density at radius 2 is 2.20 bits per heavy atom. The average molecular weight is 278 g/mol. The van der Waals surface area contributed by atoms with E-state index in [1.54, 1.807) is 29.9 Å². The van der Waals surface area contributed by atoms with Crippen LogP contribution in [0.3, 0.4) is 0 Å². The van der Waals surface area contributed by atoms with Crippen LogP contribution >= 0.6 is 0 Å². The molecule has 0 atom stereocenters. The van der Waals surface area contributed by atoms with E-state index >= 15 is 0 Å². The molecular weight excluding hydrogens is 267 g/mol. The maximum atomic E-state index is 13.1. The summed E-state index contributed by atoms with van der Waals surface area (Å²) >= 11 is 0. The molecule has 0 aliphatic rings. The highest BCUT2D eigenvalue weighted by Gasteiger charge is 2.18. The first-order chi connectivity index (χ1) is 9.49. The standard InChI is InChI=1S/C13H11FN2O4/c1-15-6-2-3-10(15)12(17)8-20-13-7-9(14)4-5-11(13)16(18)19/h2-7H,8H2,1H3. The summed E-state index contributed by atoms with van der Waals surface area (Å²) in [5.41, 5.74) is 0.0233.